The third kappa shape index (κ3) is 3.27. The van der Waals surface area contributed by atoms with E-state index in [2.05, 4.69) is 17.1 Å². The van der Waals surface area contributed by atoms with E-state index in [-0.39, 0.29) is 5.91 Å². The predicted octanol–water partition coefficient (Wildman–Crippen LogP) is 0.342. The van der Waals surface area contributed by atoms with Crippen molar-refractivity contribution in [1.29, 1.82) is 0 Å². The minimum Gasteiger partial charge on any atom is -0.381 e. The monoisotopic (exact) mass is 269 g/mol. The number of nitrogens with two attached hydrogens (primary N) is 1. The van der Waals surface area contributed by atoms with E-state index in [1.807, 2.05) is 0 Å². The van der Waals surface area contributed by atoms with Crippen molar-refractivity contribution in [2.75, 3.05) is 39.4 Å². The summed E-state index contributed by atoms with van der Waals surface area (Å²) in [6.45, 7) is 6.88. The number of hydrogen-bond donors (Lipinski definition) is 2. The van der Waals surface area contributed by atoms with Crippen molar-refractivity contribution in [3.8, 4) is 0 Å². The number of ether oxygens (including phenoxy) is 1. The van der Waals surface area contributed by atoms with Gasteiger partial charge in [-0.2, -0.15) is 0 Å². The van der Waals surface area contributed by atoms with Crippen molar-refractivity contribution in [1.82, 2.24) is 10.2 Å². The van der Waals surface area contributed by atoms with Gasteiger partial charge in [-0.05, 0) is 38.8 Å². The van der Waals surface area contributed by atoms with Gasteiger partial charge >= 0.3 is 0 Å². The summed E-state index contributed by atoms with van der Waals surface area (Å²) in [6, 6.07) is 0.503. The molecular formula is C14H27N3O2. The minimum absolute atomic E-state index is 0.126. The average molecular weight is 269 g/mol. The summed E-state index contributed by atoms with van der Waals surface area (Å²) in [6.07, 6.45) is 3.92. The Hall–Kier alpha value is -0.650. The summed E-state index contributed by atoms with van der Waals surface area (Å²) < 4.78 is 5.35. The number of nitrogens with zero attached hydrogens (tertiary/aromatic N) is 1. The molecule has 1 amide bonds. The summed E-state index contributed by atoms with van der Waals surface area (Å²) in [5.41, 5.74) is 5.45. The molecule has 110 valence electrons. The molecule has 19 heavy (non-hydrogen) atoms. The summed E-state index contributed by atoms with van der Waals surface area (Å²) in [5, 5.41) is 3.13. The van der Waals surface area contributed by atoms with E-state index < -0.39 is 5.41 Å². The molecule has 0 aromatic carbocycles. The molecule has 2 heterocycles. The van der Waals surface area contributed by atoms with Gasteiger partial charge in [0.25, 0.3) is 0 Å². The third-order valence-corrected chi connectivity index (χ3v) is 4.73. The average Bonchev–Trinajstić information content (AvgIpc) is 2.92. The lowest BCUT2D eigenvalue weighted by atomic mass is 9.79. The Labute approximate surface area is 115 Å². The first-order valence-electron chi connectivity index (χ1n) is 7.52. The molecule has 3 N–H and O–H groups in total. The fourth-order valence-electron chi connectivity index (χ4n) is 3.23. The maximum atomic E-state index is 12.4. The molecule has 5 heteroatoms. The molecule has 1 unspecified atom stereocenters. The summed E-state index contributed by atoms with van der Waals surface area (Å²) in [5.74, 6) is 0.126. The number of carbonyl (C=O) groups is 1. The molecule has 2 rings (SSSR count). The molecule has 1 atom stereocenters. The van der Waals surface area contributed by atoms with Gasteiger partial charge in [0.15, 0.2) is 0 Å². The zero-order valence-electron chi connectivity index (χ0n) is 12.0. The van der Waals surface area contributed by atoms with Crippen molar-refractivity contribution >= 4 is 5.91 Å². The number of nitrogens with one attached hydrogen (secondary N) is 1. The molecule has 2 saturated heterocycles. The van der Waals surface area contributed by atoms with Crippen molar-refractivity contribution in [2.24, 2.45) is 11.1 Å². The summed E-state index contributed by atoms with van der Waals surface area (Å²) in [4.78, 5) is 14.9. The first-order valence-corrected chi connectivity index (χ1v) is 7.52. The van der Waals surface area contributed by atoms with Gasteiger partial charge in [-0.3, -0.25) is 9.69 Å². The van der Waals surface area contributed by atoms with Crippen molar-refractivity contribution < 1.29 is 9.53 Å². The highest BCUT2D eigenvalue weighted by Gasteiger charge is 2.39. The molecule has 0 radical (unpaired) electrons. The minimum atomic E-state index is -0.395. The van der Waals surface area contributed by atoms with E-state index in [1.165, 1.54) is 12.8 Å². The SMILES string of the molecule is CCN1CCCC1CNC(=O)C1(CN)CCOCC1. The fraction of sp³-hybridized carbons (Fsp3) is 0.929. The van der Waals surface area contributed by atoms with Gasteiger partial charge in [-0.1, -0.05) is 6.92 Å². The van der Waals surface area contributed by atoms with Crippen LogP contribution in [0.4, 0.5) is 0 Å². The van der Waals surface area contributed by atoms with Crippen LogP contribution in [0.25, 0.3) is 0 Å². The maximum Gasteiger partial charge on any atom is 0.227 e. The van der Waals surface area contributed by atoms with Gasteiger partial charge in [0.1, 0.15) is 0 Å². The topological polar surface area (TPSA) is 67.6 Å². The lowest BCUT2D eigenvalue weighted by molar-refractivity contribution is -0.136. The van der Waals surface area contributed by atoms with Gasteiger partial charge in [0.2, 0.25) is 5.91 Å². The van der Waals surface area contributed by atoms with Gasteiger partial charge in [0.05, 0.1) is 5.41 Å². The second-order valence-electron chi connectivity index (χ2n) is 5.73. The van der Waals surface area contributed by atoms with Crippen LogP contribution in [0.15, 0.2) is 0 Å². The number of hydrogen-bond acceptors (Lipinski definition) is 4. The van der Waals surface area contributed by atoms with E-state index in [0.717, 1.165) is 32.5 Å². The van der Waals surface area contributed by atoms with Crippen LogP contribution in [0.1, 0.15) is 32.6 Å². The van der Waals surface area contributed by atoms with Crippen LogP contribution in [0, 0.1) is 5.41 Å². The Morgan fingerprint density at radius 3 is 2.84 bits per heavy atom. The van der Waals surface area contributed by atoms with E-state index in [4.69, 9.17) is 10.5 Å². The van der Waals surface area contributed by atoms with Crippen LogP contribution < -0.4 is 11.1 Å². The number of likely N-dealkylation sites (tertiary alicyclic amines) is 1. The lowest BCUT2D eigenvalue weighted by Gasteiger charge is -2.35. The molecule has 2 aliphatic rings. The van der Waals surface area contributed by atoms with E-state index in [1.54, 1.807) is 0 Å². The second-order valence-corrected chi connectivity index (χ2v) is 5.73. The molecule has 0 spiro atoms. The highest BCUT2D eigenvalue weighted by molar-refractivity contribution is 5.83. The quantitative estimate of drug-likeness (QED) is 0.755. The van der Waals surface area contributed by atoms with E-state index in [9.17, 15) is 4.79 Å². The molecular weight excluding hydrogens is 242 g/mol. The van der Waals surface area contributed by atoms with Crippen LogP contribution in [-0.4, -0.2) is 56.2 Å². The lowest BCUT2D eigenvalue weighted by Crippen LogP contribution is -2.51. The Morgan fingerprint density at radius 2 is 2.21 bits per heavy atom. The first-order chi connectivity index (χ1) is 9.22. The Morgan fingerprint density at radius 1 is 1.47 bits per heavy atom. The molecule has 0 saturated carbocycles. The van der Waals surface area contributed by atoms with Crippen LogP contribution in [0.5, 0.6) is 0 Å². The number of carbonyl (C=O) groups excluding carboxylic acids is 1. The third-order valence-electron chi connectivity index (χ3n) is 4.73. The number of rotatable bonds is 5. The van der Waals surface area contributed by atoms with Crippen molar-refractivity contribution in [2.45, 2.75) is 38.6 Å². The highest BCUT2D eigenvalue weighted by atomic mass is 16.5. The van der Waals surface area contributed by atoms with Crippen molar-refractivity contribution in [3.63, 3.8) is 0 Å². The van der Waals surface area contributed by atoms with Crippen LogP contribution in [0.2, 0.25) is 0 Å². The molecule has 5 nitrogen and oxygen atoms in total. The smallest absolute Gasteiger partial charge is 0.227 e. The van der Waals surface area contributed by atoms with Crippen molar-refractivity contribution in [3.05, 3.63) is 0 Å². The summed E-state index contributed by atoms with van der Waals surface area (Å²) in [7, 11) is 0. The predicted molar refractivity (Wildman–Crippen MR) is 74.8 cm³/mol. The Bertz CT molecular complexity index is 303. The molecule has 0 aromatic heterocycles. The van der Waals surface area contributed by atoms with E-state index >= 15 is 0 Å². The first kappa shape index (κ1) is 14.8. The maximum absolute atomic E-state index is 12.4. The molecule has 0 aromatic rings. The molecule has 0 aliphatic carbocycles. The fourth-order valence-corrected chi connectivity index (χ4v) is 3.23. The Balaban J connectivity index is 1.85. The normalized spacial score (nSPS) is 27.4. The van der Waals surface area contributed by atoms with Crippen LogP contribution >= 0.6 is 0 Å². The number of amides is 1. The van der Waals surface area contributed by atoms with E-state index in [0.29, 0.717) is 25.8 Å². The van der Waals surface area contributed by atoms with Gasteiger partial charge < -0.3 is 15.8 Å². The zero-order valence-corrected chi connectivity index (χ0v) is 12.0. The van der Waals surface area contributed by atoms with Gasteiger partial charge in [-0.15, -0.1) is 0 Å². The molecule has 2 fully saturated rings. The van der Waals surface area contributed by atoms with Gasteiger partial charge in [0, 0.05) is 32.3 Å². The van der Waals surface area contributed by atoms with Crippen LogP contribution in [-0.2, 0) is 9.53 Å². The second kappa shape index (κ2) is 6.68. The zero-order chi connectivity index (χ0) is 13.7. The highest BCUT2D eigenvalue weighted by Crippen LogP contribution is 2.29. The van der Waals surface area contributed by atoms with Gasteiger partial charge in [-0.25, -0.2) is 0 Å². The molecule has 2 aliphatic heterocycles. The Kier molecular flexibility index (Phi) is 5.19. The number of likely N-dealkylation sites (N-methyl/N-ethyl adjacent to an activating group) is 1. The molecule has 0 bridgehead atoms. The van der Waals surface area contributed by atoms with Crippen LogP contribution in [0.3, 0.4) is 0 Å². The largest absolute Gasteiger partial charge is 0.381 e. The standard InChI is InChI=1S/C14H27N3O2/c1-2-17-7-3-4-12(17)10-16-13(18)14(11-15)5-8-19-9-6-14/h12H,2-11,15H2,1H3,(H,16,18). The summed E-state index contributed by atoms with van der Waals surface area (Å²) >= 11 is 0.